The second kappa shape index (κ2) is 5.37. The average molecular weight is 230 g/mol. The van der Waals surface area contributed by atoms with Crippen molar-refractivity contribution in [2.75, 3.05) is 13.6 Å². The first kappa shape index (κ1) is 12.2. The molecule has 0 aliphatic carbocycles. The third-order valence-electron chi connectivity index (χ3n) is 3.57. The second-order valence-electron chi connectivity index (χ2n) is 5.13. The van der Waals surface area contributed by atoms with Gasteiger partial charge in [0.15, 0.2) is 0 Å². The summed E-state index contributed by atoms with van der Waals surface area (Å²) in [6.07, 6.45) is 3.30. The standard InChI is InChI=1S/C15H22N2/c1-11(2)12(9-16-3)8-13-10-17-15-7-5-4-6-14(13)15/h4-7,10-12,16-17H,8-9H2,1-3H3. The van der Waals surface area contributed by atoms with Gasteiger partial charge in [-0.3, -0.25) is 0 Å². The Balaban J connectivity index is 2.22. The number of rotatable bonds is 5. The van der Waals surface area contributed by atoms with Gasteiger partial charge >= 0.3 is 0 Å². The lowest BCUT2D eigenvalue weighted by Crippen LogP contribution is -2.25. The Kier molecular flexibility index (Phi) is 3.85. The lowest BCUT2D eigenvalue weighted by molar-refractivity contribution is 0.371. The number of para-hydroxylation sites is 1. The summed E-state index contributed by atoms with van der Waals surface area (Å²) >= 11 is 0. The van der Waals surface area contributed by atoms with Crippen LogP contribution < -0.4 is 5.32 Å². The fourth-order valence-corrected chi connectivity index (χ4v) is 2.39. The molecule has 2 N–H and O–H groups in total. The van der Waals surface area contributed by atoms with Gasteiger partial charge in [0.2, 0.25) is 0 Å². The van der Waals surface area contributed by atoms with Gasteiger partial charge in [-0.15, -0.1) is 0 Å². The van der Waals surface area contributed by atoms with Crippen LogP contribution in [0.1, 0.15) is 19.4 Å². The smallest absolute Gasteiger partial charge is 0.0456 e. The fraction of sp³-hybridized carbons (Fsp3) is 0.467. The van der Waals surface area contributed by atoms with Crippen molar-refractivity contribution >= 4 is 10.9 Å². The van der Waals surface area contributed by atoms with Crippen LogP contribution in [0.5, 0.6) is 0 Å². The highest BCUT2D eigenvalue weighted by atomic mass is 14.8. The van der Waals surface area contributed by atoms with Gasteiger partial charge in [-0.2, -0.15) is 0 Å². The van der Waals surface area contributed by atoms with Crippen LogP contribution in [0.2, 0.25) is 0 Å². The molecule has 0 spiro atoms. The van der Waals surface area contributed by atoms with E-state index in [1.54, 1.807) is 0 Å². The van der Waals surface area contributed by atoms with Crippen molar-refractivity contribution in [2.24, 2.45) is 11.8 Å². The maximum absolute atomic E-state index is 3.35. The zero-order valence-corrected chi connectivity index (χ0v) is 11.0. The van der Waals surface area contributed by atoms with Crippen molar-refractivity contribution in [1.82, 2.24) is 10.3 Å². The first-order valence-electron chi connectivity index (χ1n) is 6.42. The second-order valence-corrected chi connectivity index (χ2v) is 5.13. The lowest BCUT2D eigenvalue weighted by Gasteiger charge is -2.20. The molecular weight excluding hydrogens is 208 g/mol. The van der Waals surface area contributed by atoms with Gasteiger partial charge in [0.05, 0.1) is 0 Å². The Morgan fingerprint density at radius 3 is 2.71 bits per heavy atom. The molecule has 2 nitrogen and oxygen atoms in total. The summed E-state index contributed by atoms with van der Waals surface area (Å²) in [6, 6.07) is 8.54. The van der Waals surface area contributed by atoms with Crippen LogP contribution in [0.25, 0.3) is 10.9 Å². The first-order valence-corrected chi connectivity index (χ1v) is 6.42. The summed E-state index contributed by atoms with van der Waals surface area (Å²) in [5.74, 6) is 1.40. The highest BCUT2D eigenvalue weighted by Crippen LogP contribution is 2.23. The molecule has 1 unspecified atom stereocenters. The third-order valence-corrected chi connectivity index (χ3v) is 3.57. The number of fused-ring (bicyclic) bond motifs is 1. The Labute approximate surface area is 103 Å². The molecule has 0 saturated carbocycles. The summed E-state index contributed by atoms with van der Waals surface area (Å²) in [7, 11) is 2.03. The quantitative estimate of drug-likeness (QED) is 0.811. The summed E-state index contributed by atoms with van der Waals surface area (Å²) in [6.45, 7) is 5.69. The van der Waals surface area contributed by atoms with Crippen LogP contribution in [-0.2, 0) is 6.42 Å². The van der Waals surface area contributed by atoms with Crippen LogP contribution >= 0.6 is 0 Å². The maximum Gasteiger partial charge on any atom is 0.0456 e. The Hall–Kier alpha value is -1.28. The van der Waals surface area contributed by atoms with Crippen molar-refractivity contribution in [3.8, 4) is 0 Å². The number of benzene rings is 1. The van der Waals surface area contributed by atoms with E-state index in [1.807, 2.05) is 7.05 Å². The van der Waals surface area contributed by atoms with Crippen molar-refractivity contribution < 1.29 is 0 Å². The molecule has 0 aliphatic heterocycles. The normalized spacial score (nSPS) is 13.4. The summed E-state index contributed by atoms with van der Waals surface area (Å²) < 4.78 is 0. The van der Waals surface area contributed by atoms with Crippen LogP contribution in [0.3, 0.4) is 0 Å². The van der Waals surface area contributed by atoms with Crippen molar-refractivity contribution in [3.05, 3.63) is 36.0 Å². The van der Waals surface area contributed by atoms with E-state index in [1.165, 1.54) is 16.5 Å². The number of nitrogens with one attached hydrogen (secondary N) is 2. The Morgan fingerprint density at radius 1 is 1.24 bits per heavy atom. The average Bonchev–Trinajstić information content (AvgIpc) is 2.72. The fourth-order valence-electron chi connectivity index (χ4n) is 2.39. The molecule has 0 bridgehead atoms. The molecule has 1 aromatic heterocycles. The van der Waals surface area contributed by atoms with Crippen LogP contribution in [0.15, 0.2) is 30.5 Å². The molecule has 0 radical (unpaired) electrons. The van der Waals surface area contributed by atoms with E-state index >= 15 is 0 Å². The van der Waals surface area contributed by atoms with Crippen LogP contribution in [0.4, 0.5) is 0 Å². The Bertz CT molecular complexity index is 470. The summed E-state index contributed by atoms with van der Waals surface area (Å²) in [4.78, 5) is 3.35. The molecule has 17 heavy (non-hydrogen) atoms. The minimum Gasteiger partial charge on any atom is -0.361 e. The minimum absolute atomic E-state index is 0.694. The van der Waals surface area contributed by atoms with Crippen LogP contribution in [0, 0.1) is 11.8 Å². The van der Waals surface area contributed by atoms with E-state index < -0.39 is 0 Å². The van der Waals surface area contributed by atoms with Gasteiger partial charge in [-0.1, -0.05) is 32.0 Å². The molecule has 0 saturated heterocycles. The maximum atomic E-state index is 3.35. The summed E-state index contributed by atoms with van der Waals surface area (Å²) in [5, 5.41) is 4.67. The van der Waals surface area contributed by atoms with E-state index in [4.69, 9.17) is 0 Å². The largest absolute Gasteiger partial charge is 0.361 e. The highest BCUT2D eigenvalue weighted by Gasteiger charge is 2.15. The van der Waals surface area contributed by atoms with Gasteiger partial charge in [-0.05, 0) is 43.5 Å². The predicted octanol–water partition coefficient (Wildman–Crippen LogP) is 3.20. The molecule has 0 aliphatic rings. The lowest BCUT2D eigenvalue weighted by atomic mass is 9.89. The van der Waals surface area contributed by atoms with Gasteiger partial charge in [0.1, 0.15) is 0 Å². The molecule has 1 heterocycles. The van der Waals surface area contributed by atoms with Crippen molar-refractivity contribution in [3.63, 3.8) is 0 Å². The molecule has 2 heteroatoms. The predicted molar refractivity (Wildman–Crippen MR) is 74.3 cm³/mol. The zero-order valence-electron chi connectivity index (χ0n) is 11.0. The monoisotopic (exact) mass is 230 g/mol. The van der Waals surface area contributed by atoms with E-state index in [2.05, 4.69) is 54.6 Å². The van der Waals surface area contributed by atoms with Gasteiger partial charge < -0.3 is 10.3 Å². The minimum atomic E-state index is 0.694. The molecule has 0 amide bonds. The van der Waals surface area contributed by atoms with Crippen LogP contribution in [-0.4, -0.2) is 18.6 Å². The van der Waals surface area contributed by atoms with E-state index in [-0.39, 0.29) is 0 Å². The molecule has 2 aromatic rings. The first-order chi connectivity index (χ1) is 8.22. The molecular formula is C15H22N2. The van der Waals surface area contributed by atoms with E-state index in [0.717, 1.165) is 13.0 Å². The molecule has 1 atom stereocenters. The number of aromatic amines is 1. The van der Waals surface area contributed by atoms with Crippen molar-refractivity contribution in [2.45, 2.75) is 20.3 Å². The van der Waals surface area contributed by atoms with E-state index in [0.29, 0.717) is 11.8 Å². The topological polar surface area (TPSA) is 27.8 Å². The van der Waals surface area contributed by atoms with Gasteiger partial charge in [0, 0.05) is 17.1 Å². The highest BCUT2D eigenvalue weighted by molar-refractivity contribution is 5.83. The summed E-state index contributed by atoms with van der Waals surface area (Å²) in [5.41, 5.74) is 2.68. The number of hydrogen-bond acceptors (Lipinski definition) is 1. The number of H-pyrrole nitrogens is 1. The van der Waals surface area contributed by atoms with Gasteiger partial charge in [0.25, 0.3) is 0 Å². The Morgan fingerprint density at radius 2 is 2.00 bits per heavy atom. The zero-order chi connectivity index (χ0) is 12.3. The third kappa shape index (κ3) is 2.70. The molecule has 2 rings (SSSR count). The SMILES string of the molecule is CNCC(Cc1c[nH]c2ccccc12)C(C)C. The number of hydrogen-bond donors (Lipinski definition) is 2. The number of aromatic nitrogens is 1. The van der Waals surface area contributed by atoms with Crippen molar-refractivity contribution in [1.29, 1.82) is 0 Å². The molecule has 0 fully saturated rings. The van der Waals surface area contributed by atoms with E-state index in [9.17, 15) is 0 Å². The van der Waals surface area contributed by atoms with Gasteiger partial charge in [-0.25, -0.2) is 0 Å². The molecule has 92 valence electrons. The molecule has 1 aromatic carbocycles.